The van der Waals surface area contributed by atoms with E-state index < -0.39 is 18.0 Å². The number of nitrogens with zero attached hydrogens (tertiary/aromatic N) is 2. The van der Waals surface area contributed by atoms with Gasteiger partial charge >= 0.3 is 6.18 Å². The van der Waals surface area contributed by atoms with Crippen molar-refractivity contribution in [2.75, 3.05) is 7.05 Å². The summed E-state index contributed by atoms with van der Waals surface area (Å²) in [5.74, 6) is -1.62. The molecule has 2 rings (SSSR count). The van der Waals surface area contributed by atoms with Gasteiger partial charge in [0.2, 0.25) is 0 Å². The summed E-state index contributed by atoms with van der Waals surface area (Å²) in [5, 5.41) is 7.37. The van der Waals surface area contributed by atoms with E-state index in [9.17, 15) is 13.2 Å². The van der Waals surface area contributed by atoms with Gasteiger partial charge in [0, 0.05) is 12.7 Å². The van der Waals surface area contributed by atoms with E-state index in [2.05, 4.69) is 10.4 Å². The third-order valence-electron chi connectivity index (χ3n) is 4.48. The Morgan fingerprint density at radius 1 is 1.38 bits per heavy atom. The number of halogens is 3. The number of hydrogen-bond acceptors (Lipinski definition) is 2. The number of aromatic nitrogens is 2. The van der Waals surface area contributed by atoms with Crippen LogP contribution in [0.15, 0.2) is 12.3 Å². The SMILES string of the molecule is CCCn1nccc1C(NC)C1CCCCC1C(F)(F)F. The Bertz CT molecular complexity index is 442. The van der Waals surface area contributed by atoms with Crippen molar-refractivity contribution in [1.29, 1.82) is 0 Å². The first-order chi connectivity index (χ1) is 9.99. The van der Waals surface area contributed by atoms with Gasteiger partial charge in [-0.15, -0.1) is 0 Å². The molecule has 0 amide bonds. The van der Waals surface area contributed by atoms with Crippen molar-refractivity contribution < 1.29 is 13.2 Å². The molecule has 3 atom stereocenters. The average molecular weight is 303 g/mol. The Labute approximate surface area is 123 Å². The van der Waals surface area contributed by atoms with Gasteiger partial charge in [-0.1, -0.05) is 19.8 Å². The fourth-order valence-electron chi connectivity index (χ4n) is 3.55. The topological polar surface area (TPSA) is 29.9 Å². The molecule has 1 aliphatic carbocycles. The molecule has 120 valence electrons. The predicted molar refractivity (Wildman–Crippen MR) is 75.8 cm³/mol. The number of nitrogens with one attached hydrogen (secondary N) is 1. The first-order valence-electron chi connectivity index (χ1n) is 7.74. The van der Waals surface area contributed by atoms with Crippen LogP contribution in [0.3, 0.4) is 0 Å². The van der Waals surface area contributed by atoms with Gasteiger partial charge in [0.05, 0.1) is 17.7 Å². The summed E-state index contributed by atoms with van der Waals surface area (Å²) in [4.78, 5) is 0. The largest absolute Gasteiger partial charge is 0.392 e. The maximum absolute atomic E-state index is 13.3. The Morgan fingerprint density at radius 2 is 2.10 bits per heavy atom. The molecule has 21 heavy (non-hydrogen) atoms. The minimum Gasteiger partial charge on any atom is -0.311 e. The summed E-state index contributed by atoms with van der Waals surface area (Å²) >= 11 is 0. The first-order valence-corrected chi connectivity index (χ1v) is 7.74. The molecule has 1 aromatic heterocycles. The quantitative estimate of drug-likeness (QED) is 0.893. The fraction of sp³-hybridized carbons (Fsp3) is 0.800. The van der Waals surface area contributed by atoms with Gasteiger partial charge in [0.1, 0.15) is 0 Å². The van der Waals surface area contributed by atoms with Gasteiger partial charge in [-0.05, 0) is 38.3 Å². The highest BCUT2D eigenvalue weighted by Crippen LogP contribution is 2.46. The molecule has 0 saturated heterocycles. The summed E-state index contributed by atoms with van der Waals surface area (Å²) in [7, 11) is 1.75. The van der Waals surface area contributed by atoms with Crippen LogP contribution in [0, 0.1) is 11.8 Å². The van der Waals surface area contributed by atoms with E-state index in [0.29, 0.717) is 12.8 Å². The zero-order valence-corrected chi connectivity index (χ0v) is 12.7. The van der Waals surface area contributed by atoms with Crippen molar-refractivity contribution in [3.05, 3.63) is 18.0 Å². The molecule has 1 heterocycles. The van der Waals surface area contributed by atoms with E-state index in [1.165, 1.54) is 0 Å². The molecular weight excluding hydrogens is 279 g/mol. The minimum absolute atomic E-state index is 0.244. The van der Waals surface area contributed by atoms with Gasteiger partial charge in [0.15, 0.2) is 0 Å². The molecule has 1 aliphatic rings. The molecule has 1 fully saturated rings. The zero-order valence-electron chi connectivity index (χ0n) is 12.7. The van der Waals surface area contributed by atoms with Crippen molar-refractivity contribution in [2.24, 2.45) is 11.8 Å². The van der Waals surface area contributed by atoms with Crippen molar-refractivity contribution in [2.45, 2.75) is 57.8 Å². The maximum Gasteiger partial charge on any atom is 0.392 e. The van der Waals surface area contributed by atoms with Gasteiger partial charge in [-0.25, -0.2) is 0 Å². The Kier molecular flexibility index (Phi) is 5.30. The van der Waals surface area contributed by atoms with Crippen molar-refractivity contribution in [3.63, 3.8) is 0 Å². The summed E-state index contributed by atoms with van der Waals surface area (Å²) in [5.41, 5.74) is 0.875. The van der Waals surface area contributed by atoms with Gasteiger partial charge in [-0.2, -0.15) is 18.3 Å². The van der Waals surface area contributed by atoms with Gasteiger partial charge in [0.25, 0.3) is 0 Å². The highest BCUT2D eigenvalue weighted by molar-refractivity contribution is 5.10. The van der Waals surface area contributed by atoms with E-state index in [4.69, 9.17) is 0 Å². The molecule has 1 N–H and O–H groups in total. The number of hydrogen-bond donors (Lipinski definition) is 1. The second-order valence-electron chi connectivity index (χ2n) is 5.84. The lowest BCUT2D eigenvalue weighted by Crippen LogP contribution is -2.40. The third kappa shape index (κ3) is 3.59. The molecule has 3 nitrogen and oxygen atoms in total. The summed E-state index contributed by atoms with van der Waals surface area (Å²) < 4.78 is 41.8. The maximum atomic E-state index is 13.3. The van der Waals surface area contributed by atoms with E-state index in [1.54, 1.807) is 13.2 Å². The Morgan fingerprint density at radius 3 is 2.71 bits per heavy atom. The van der Waals surface area contributed by atoms with Crippen LogP contribution in [0.4, 0.5) is 13.2 Å². The van der Waals surface area contributed by atoms with Gasteiger partial charge in [-0.3, -0.25) is 4.68 Å². The highest BCUT2D eigenvalue weighted by Gasteiger charge is 2.48. The fourth-order valence-corrected chi connectivity index (χ4v) is 3.55. The molecule has 0 spiro atoms. The lowest BCUT2D eigenvalue weighted by Gasteiger charge is -2.38. The Balaban J connectivity index is 2.27. The van der Waals surface area contributed by atoms with Crippen molar-refractivity contribution >= 4 is 0 Å². The average Bonchev–Trinajstić information content (AvgIpc) is 2.88. The summed E-state index contributed by atoms with van der Waals surface area (Å²) in [6.45, 7) is 2.78. The monoisotopic (exact) mass is 303 g/mol. The second kappa shape index (κ2) is 6.81. The molecule has 1 aromatic rings. The van der Waals surface area contributed by atoms with E-state index in [1.807, 2.05) is 17.7 Å². The Hall–Kier alpha value is -1.04. The summed E-state index contributed by atoms with van der Waals surface area (Å²) in [6, 6.07) is 1.56. The van der Waals surface area contributed by atoms with Crippen LogP contribution in [0.1, 0.15) is 50.8 Å². The molecular formula is C15H24F3N3. The van der Waals surface area contributed by atoms with Crippen molar-refractivity contribution in [1.82, 2.24) is 15.1 Å². The molecule has 1 saturated carbocycles. The number of aryl methyl sites for hydroxylation is 1. The van der Waals surface area contributed by atoms with Crippen molar-refractivity contribution in [3.8, 4) is 0 Å². The minimum atomic E-state index is -4.12. The van der Waals surface area contributed by atoms with E-state index in [-0.39, 0.29) is 12.5 Å². The molecule has 0 bridgehead atoms. The van der Waals surface area contributed by atoms with Crippen LogP contribution in [0.2, 0.25) is 0 Å². The van der Waals surface area contributed by atoms with Crippen LogP contribution in [0.25, 0.3) is 0 Å². The van der Waals surface area contributed by atoms with Crippen LogP contribution in [0.5, 0.6) is 0 Å². The normalized spacial score (nSPS) is 25.0. The van der Waals surface area contributed by atoms with Crippen LogP contribution >= 0.6 is 0 Å². The van der Waals surface area contributed by atoms with Gasteiger partial charge < -0.3 is 5.32 Å². The number of rotatable bonds is 5. The highest BCUT2D eigenvalue weighted by atomic mass is 19.4. The predicted octanol–water partition coefficient (Wildman–Crippen LogP) is 3.92. The van der Waals surface area contributed by atoms with Crippen LogP contribution in [-0.4, -0.2) is 23.0 Å². The lowest BCUT2D eigenvalue weighted by molar-refractivity contribution is -0.199. The smallest absolute Gasteiger partial charge is 0.311 e. The van der Waals surface area contributed by atoms with E-state index in [0.717, 1.165) is 25.1 Å². The lowest BCUT2D eigenvalue weighted by atomic mass is 9.74. The molecule has 6 heteroatoms. The first kappa shape index (κ1) is 16.3. The van der Waals surface area contributed by atoms with Crippen LogP contribution in [-0.2, 0) is 6.54 Å². The second-order valence-corrected chi connectivity index (χ2v) is 5.84. The molecule has 0 radical (unpaired) electrons. The van der Waals surface area contributed by atoms with E-state index >= 15 is 0 Å². The summed E-state index contributed by atoms with van der Waals surface area (Å²) in [6.07, 6.45) is 0.888. The molecule has 3 unspecified atom stereocenters. The number of alkyl halides is 3. The molecule has 0 aromatic carbocycles. The third-order valence-corrected chi connectivity index (χ3v) is 4.48. The molecule has 0 aliphatic heterocycles. The standard InChI is InChI=1S/C15H24F3N3/c1-3-10-21-13(8-9-20-21)14(19-2)11-6-4-5-7-12(11)15(16,17)18/h8-9,11-12,14,19H,3-7,10H2,1-2H3. The van der Waals surface area contributed by atoms with Crippen LogP contribution < -0.4 is 5.32 Å². The zero-order chi connectivity index (χ0) is 15.5.